The minimum absolute atomic E-state index is 0.187. The van der Waals surface area contributed by atoms with Crippen molar-refractivity contribution in [2.24, 2.45) is 5.92 Å². The molecule has 6 nitrogen and oxygen atoms in total. The van der Waals surface area contributed by atoms with Crippen LogP contribution >= 0.6 is 0 Å². The second kappa shape index (κ2) is 8.55. The maximum absolute atomic E-state index is 11.2. The number of aliphatic carboxylic acids is 1. The highest BCUT2D eigenvalue weighted by molar-refractivity contribution is 5.95. The van der Waals surface area contributed by atoms with Crippen molar-refractivity contribution in [2.75, 3.05) is 6.54 Å². The van der Waals surface area contributed by atoms with E-state index in [-0.39, 0.29) is 12.8 Å². The summed E-state index contributed by atoms with van der Waals surface area (Å²) >= 11 is 0. The Morgan fingerprint density at radius 1 is 1.12 bits per heavy atom. The molecule has 0 unspecified atom stereocenters. The van der Waals surface area contributed by atoms with Crippen LogP contribution in [-0.2, 0) is 9.59 Å². The second-order valence-electron chi connectivity index (χ2n) is 3.83. The van der Waals surface area contributed by atoms with E-state index in [1.165, 1.54) is 0 Å². The number of amides is 3. The molecule has 0 atom stereocenters. The average Bonchev–Trinajstić information content (AvgIpc) is 2.27. The second-order valence-corrected chi connectivity index (χ2v) is 3.83. The third-order valence-corrected chi connectivity index (χ3v) is 2.52. The zero-order valence-corrected chi connectivity index (χ0v) is 10.3. The summed E-state index contributed by atoms with van der Waals surface area (Å²) in [5.41, 5.74) is 0. The van der Waals surface area contributed by atoms with Crippen LogP contribution in [-0.4, -0.2) is 29.6 Å². The highest BCUT2D eigenvalue weighted by atomic mass is 16.4. The lowest BCUT2D eigenvalue weighted by molar-refractivity contribution is -0.138. The van der Waals surface area contributed by atoms with Crippen molar-refractivity contribution in [3.05, 3.63) is 0 Å². The molecule has 0 aromatic heterocycles. The number of rotatable bonds is 7. The van der Waals surface area contributed by atoms with Crippen LogP contribution in [0, 0.1) is 5.92 Å². The van der Waals surface area contributed by atoms with Gasteiger partial charge in [0.05, 0.1) is 6.42 Å². The first kappa shape index (κ1) is 15.4. The summed E-state index contributed by atoms with van der Waals surface area (Å²) in [6, 6.07) is -0.563. The zero-order valence-electron chi connectivity index (χ0n) is 10.3. The normalized spacial score (nSPS) is 10.1. The molecule has 0 saturated carbocycles. The van der Waals surface area contributed by atoms with Gasteiger partial charge in [0, 0.05) is 13.0 Å². The van der Waals surface area contributed by atoms with Crippen LogP contribution < -0.4 is 10.6 Å². The van der Waals surface area contributed by atoms with Gasteiger partial charge in [0.2, 0.25) is 5.91 Å². The molecule has 0 rings (SSSR count). The fourth-order valence-corrected chi connectivity index (χ4v) is 1.27. The summed E-state index contributed by atoms with van der Waals surface area (Å²) in [5.74, 6) is -1.23. The van der Waals surface area contributed by atoms with Gasteiger partial charge in [0.15, 0.2) is 0 Å². The van der Waals surface area contributed by atoms with E-state index >= 15 is 0 Å². The minimum atomic E-state index is -1.06. The molecule has 0 heterocycles. The fraction of sp³-hybridized carbons (Fsp3) is 0.727. The van der Waals surface area contributed by atoms with Gasteiger partial charge >= 0.3 is 12.0 Å². The number of urea groups is 1. The van der Waals surface area contributed by atoms with Crippen molar-refractivity contribution in [3.63, 3.8) is 0 Å². The number of carbonyl (C=O) groups excluding carboxylic acids is 2. The topological polar surface area (TPSA) is 95.5 Å². The molecule has 0 saturated heterocycles. The van der Waals surface area contributed by atoms with Gasteiger partial charge in [-0.25, -0.2) is 4.79 Å². The molecule has 17 heavy (non-hydrogen) atoms. The maximum atomic E-state index is 11.2. The minimum Gasteiger partial charge on any atom is -0.481 e. The van der Waals surface area contributed by atoms with Crippen LogP contribution in [0.3, 0.4) is 0 Å². The highest BCUT2D eigenvalue weighted by Crippen LogP contribution is 2.04. The quantitative estimate of drug-likeness (QED) is 0.625. The van der Waals surface area contributed by atoms with Crippen molar-refractivity contribution < 1.29 is 19.5 Å². The number of carboxylic acids is 1. The van der Waals surface area contributed by atoms with Crippen molar-refractivity contribution in [2.45, 2.75) is 39.5 Å². The molecule has 0 aliphatic heterocycles. The molecule has 0 aromatic carbocycles. The standard InChI is InChI=1S/C11H20N2O4/c1-3-8(4-2)7-12-11(17)13-9(14)5-6-10(15)16/h8H,3-7H2,1-2H3,(H,15,16)(H2,12,13,14,17). The Morgan fingerprint density at radius 3 is 2.18 bits per heavy atom. The zero-order chi connectivity index (χ0) is 13.3. The first-order valence-corrected chi connectivity index (χ1v) is 5.79. The SMILES string of the molecule is CCC(CC)CNC(=O)NC(=O)CCC(=O)O. The van der Waals surface area contributed by atoms with E-state index in [1.54, 1.807) is 0 Å². The summed E-state index contributed by atoms with van der Waals surface area (Å²) in [6.45, 7) is 4.59. The number of imide groups is 1. The van der Waals surface area contributed by atoms with Gasteiger partial charge in [-0.2, -0.15) is 0 Å². The third-order valence-electron chi connectivity index (χ3n) is 2.52. The van der Waals surface area contributed by atoms with Crippen LogP contribution in [0.4, 0.5) is 4.79 Å². The van der Waals surface area contributed by atoms with E-state index in [1.807, 2.05) is 13.8 Å². The Kier molecular flexibility index (Phi) is 7.75. The van der Waals surface area contributed by atoms with Crippen LogP contribution in [0.1, 0.15) is 39.5 Å². The van der Waals surface area contributed by atoms with Crippen LogP contribution in [0.2, 0.25) is 0 Å². The number of carboxylic acid groups (broad SMARTS) is 1. The highest BCUT2D eigenvalue weighted by Gasteiger charge is 2.10. The van der Waals surface area contributed by atoms with Gasteiger partial charge < -0.3 is 10.4 Å². The van der Waals surface area contributed by atoms with Crippen molar-refractivity contribution >= 4 is 17.9 Å². The van der Waals surface area contributed by atoms with Crippen molar-refractivity contribution in [3.8, 4) is 0 Å². The summed E-state index contributed by atoms with van der Waals surface area (Å²) < 4.78 is 0. The fourth-order valence-electron chi connectivity index (χ4n) is 1.27. The van der Waals surface area contributed by atoms with Crippen LogP contribution in [0.5, 0.6) is 0 Å². The molecule has 0 radical (unpaired) electrons. The van der Waals surface area contributed by atoms with Crippen molar-refractivity contribution in [1.82, 2.24) is 10.6 Å². The van der Waals surface area contributed by atoms with Gasteiger partial charge in [0.25, 0.3) is 0 Å². The van der Waals surface area contributed by atoms with E-state index in [9.17, 15) is 14.4 Å². The lowest BCUT2D eigenvalue weighted by Crippen LogP contribution is -2.41. The molecule has 3 amide bonds. The van der Waals surface area contributed by atoms with E-state index < -0.39 is 17.9 Å². The van der Waals surface area contributed by atoms with Gasteiger partial charge in [0.1, 0.15) is 0 Å². The summed E-state index contributed by atoms with van der Waals surface area (Å²) in [4.78, 5) is 32.6. The third kappa shape index (κ3) is 8.24. The molecule has 6 heteroatoms. The Morgan fingerprint density at radius 2 is 1.71 bits per heavy atom. The maximum Gasteiger partial charge on any atom is 0.321 e. The Bertz CT molecular complexity index is 275. The predicted molar refractivity (Wildman–Crippen MR) is 62.5 cm³/mol. The predicted octanol–water partition coefficient (Wildman–Crippen LogP) is 1.11. The Labute approximate surface area is 101 Å². The summed E-state index contributed by atoms with van der Waals surface area (Å²) in [6.07, 6.45) is 1.47. The molecular weight excluding hydrogens is 224 g/mol. The number of hydrogen-bond donors (Lipinski definition) is 3. The number of carbonyl (C=O) groups is 3. The largest absolute Gasteiger partial charge is 0.481 e. The molecule has 0 aromatic rings. The molecule has 0 bridgehead atoms. The van der Waals surface area contributed by atoms with Crippen LogP contribution in [0.25, 0.3) is 0 Å². The first-order valence-electron chi connectivity index (χ1n) is 5.79. The molecule has 3 N–H and O–H groups in total. The van der Waals surface area contributed by atoms with Gasteiger partial charge in [-0.3, -0.25) is 14.9 Å². The summed E-state index contributed by atoms with van der Waals surface area (Å²) in [5, 5.41) is 13.0. The summed E-state index contributed by atoms with van der Waals surface area (Å²) in [7, 11) is 0. The van der Waals surface area contributed by atoms with E-state index in [0.29, 0.717) is 12.5 Å². The monoisotopic (exact) mass is 244 g/mol. The van der Waals surface area contributed by atoms with E-state index in [2.05, 4.69) is 10.6 Å². The first-order chi connectivity index (χ1) is 7.99. The lowest BCUT2D eigenvalue weighted by Gasteiger charge is -2.13. The van der Waals surface area contributed by atoms with Gasteiger partial charge in [-0.15, -0.1) is 0 Å². The Balaban J connectivity index is 3.78. The molecule has 0 spiro atoms. The Hall–Kier alpha value is -1.59. The van der Waals surface area contributed by atoms with Gasteiger partial charge in [-0.1, -0.05) is 26.7 Å². The van der Waals surface area contributed by atoms with E-state index in [0.717, 1.165) is 12.8 Å². The number of hydrogen-bond acceptors (Lipinski definition) is 3. The smallest absolute Gasteiger partial charge is 0.321 e. The van der Waals surface area contributed by atoms with E-state index in [4.69, 9.17) is 5.11 Å². The van der Waals surface area contributed by atoms with Crippen LogP contribution in [0.15, 0.2) is 0 Å². The molecule has 0 aliphatic carbocycles. The number of nitrogens with one attached hydrogen (secondary N) is 2. The van der Waals surface area contributed by atoms with Gasteiger partial charge in [-0.05, 0) is 5.92 Å². The van der Waals surface area contributed by atoms with Crippen molar-refractivity contribution in [1.29, 1.82) is 0 Å². The molecule has 0 aliphatic rings. The molecule has 98 valence electrons. The molecule has 0 fully saturated rings. The molecular formula is C11H20N2O4. The average molecular weight is 244 g/mol. The lowest BCUT2D eigenvalue weighted by atomic mass is 10.0.